The van der Waals surface area contributed by atoms with Crippen LogP contribution < -0.4 is 5.32 Å². The Hall–Kier alpha value is -1.53. The predicted octanol–water partition coefficient (Wildman–Crippen LogP) is 2.43. The molecule has 5 nitrogen and oxygen atoms in total. The minimum atomic E-state index is -0.0542. The maximum Gasteiger partial charge on any atom is 0.223 e. The summed E-state index contributed by atoms with van der Waals surface area (Å²) in [7, 11) is 0. The van der Waals surface area contributed by atoms with Crippen LogP contribution in [0.15, 0.2) is 24.3 Å². The van der Waals surface area contributed by atoms with Gasteiger partial charge in [0.25, 0.3) is 0 Å². The fourth-order valence-electron chi connectivity index (χ4n) is 2.88. The molecule has 0 saturated carbocycles. The topological polar surface area (TPSA) is 52.7 Å². The van der Waals surface area contributed by atoms with Gasteiger partial charge in [0.1, 0.15) is 0 Å². The van der Waals surface area contributed by atoms with Crippen molar-refractivity contribution in [2.24, 2.45) is 0 Å². The van der Waals surface area contributed by atoms with E-state index in [2.05, 4.69) is 22.3 Å². The molecule has 2 rings (SSSR count). The van der Waals surface area contributed by atoms with Crippen molar-refractivity contribution in [3.8, 4) is 0 Å². The molecule has 1 aliphatic heterocycles. The molecule has 1 heterocycles. The lowest BCUT2D eigenvalue weighted by Gasteiger charge is -2.22. The van der Waals surface area contributed by atoms with E-state index < -0.39 is 0 Å². The Morgan fingerprint density at radius 1 is 1.12 bits per heavy atom. The van der Waals surface area contributed by atoms with E-state index in [9.17, 15) is 9.59 Å². The largest absolute Gasteiger partial charge is 0.341 e. The maximum absolute atomic E-state index is 12.2. The van der Waals surface area contributed by atoms with Crippen LogP contribution in [0, 0.1) is 0 Å². The first-order valence-electron chi connectivity index (χ1n) is 8.44. The van der Waals surface area contributed by atoms with Crippen LogP contribution in [0.1, 0.15) is 25.3 Å². The first-order valence-corrected chi connectivity index (χ1v) is 9.83. The number of anilines is 1. The lowest BCUT2D eigenvalue weighted by molar-refractivity contribution is -0.130. The summed E-state index contributed by atoms with van der Waals surface area (Å²) in [4.78, 5) is 27.6. The van der Waals surface area contributed by atoms with Crippen LogP contribution in [-0.2, 0) is 16.1 Å². The van der Waals surface area contributed by atoms with E-state index in [1.165, 1.54) is 12.5 Å². The number of nitrogens with zero attached hydrogens (tertiary/aromatic N) is 2. The summed E-state index contributed by atoms with van der Waals surface area (Å²) in [6, 6.07) is 7.98. The molecule has 1 aromatic rings. The summed E-state index contributed by atoms with van der Waals surface area (Å²) >= 11 is 1.72. The number of hydrogen-bond acceptors (Lipinski definition) is 4. The molecule has 0 atom stereocenters. The fraction of sp³-hybridized carbons (Fsp3) is 0.556. The van der Waals surface area contributed by atoms with Crippen LogP contribution in [0.4, 0.5) is 5.69 Å². The van der Waals surface area contributed by atoms with Gasteiger partial charge < -0.3 is 10.2 Å². The second-order valence-electron chi connectivity index (χ2n) is 6.13. The summed E-state index contributed by atoms with van der Waals surface area (Å²) in [6.45, 7) is 6.01. The molecule has 0 aromatic heterocycles. The molecule has 132 valence electrons. The van der Waals surface area contributed by atoms with E-state index in [1.54, 1.807) is 11.8 Å². The Labute approximate surface area is 148 Å². The van der Waals surface area contributed by atoms with Crippen molar-refractivity contribution < 1.29 is 9.59 Å². The van der Waals surface area contributed by atoms with Crippen molar-refractivity contribution in [3.05, 3.63) is 29.8 Å². The summed E-state index contributed by atoms with van der Waals surface area (Å²) in [5.41, 5.74) is 2.05. The third-order valence-corrected chi connectivity index (χ3v) is 4.75. The smallest absolute Gasteiger partial charge is 0.223 e. The maximum atomic E-state index is 12.2. The monoisotopic (exact) mass is 349 g/mol. The highest BCUT2D eigenvalue weighted by atomic mass is 32.2. The molecule has 6 heteroatoms. The Balaban J connectivity index is 1.83. The van der Waals surface area contributed by atoms with Gasteiger partial charge in [0.15, 0.2) is 0 Å². The molecule has 0 unspecified atom stereocenters. The van der Waals surface area contributed by atoms with Crippen LogP contribution in [0.3, 0.4) is 0 Å². The lowest BCUT2D eigenvalue weighted by atomic mass is 10.2. The first kappa shape index (κ1) is 18.8. The minimum Gasteiger partial charge on any atom is -0.341 e. The van der Waals surface area contributed by atoms with E-state index in [0.29, 0.717) is 6.42 Å². The highest BCUT2D eigenvalue weighted by molar-refractivity contribution is 7.98. The minimum absolute atomic E-state index is 0.0542. The lowest BCUT2D eigenvalue weighted by Crippen LogP contribution is -2.35. The quantitative estimate of drug-likeness (QED) is 0.857. The SMILES string of the molecule is CSCCC(=O)N1CCCN(Cc2ccc(NC(C)=O)cc2)CC1. The van der Waals surface area contributed by atoms with Gasteiger partial charge in [-0.25, -0.2) is 0 Å². The number of benzene rings is 1. The van der Waals surface area contributed by atoms with Crippen LogP contribution in [0.2, 0.25) is 0 Å². The molecule has 1 saturated heterocycles. The summed E-state index contributed by atoms with van der Waals surface area (Å²) in [5.74, 6) is 1.13. The number of thioether (sulfide) groups is 1. The van der Waals surface area contributed by atoms with E-state index in [0.717, 1.165) is 50.6 Å². The van der Waals surface area contributed by atoms with Crippen LogP contribution >= 0.6 is 11.8 Å². The van der Waals surface area contributed by atoms with Crippen molar-refractivity contribution in [2.75, 3.05) is 43.5 Å². The normalized spacial score (nSPS) is 15.8. The molecule has 24 heavy (non-hydrogen) atoms. The van der Waals surface area contributed by atoms with E-state index in [-0.39, 0.29) is 11.8 Å². The molecular weight excluding hydrogens is 322 g/mol. The predicted molar refractivity (Wildman–Crippen MR) is 100 cm³/mol. The number of carbonyl (C=O) groups is 2. The van der Waals surface area contributed by atoms with Gasteiger partial charge in [-0.1, -0.05) is 12.1 Å². The number of rotatable bonds is 6. The van der Waals surface area contributed by atoms with Gasteiger partial charge in [0.2, 0.25) is 11.8 Å². The summed E-state index contributed by atoms with van der Waals surface area (Å²) in [5, 5.41) is 2.78. The number of nitrogens with one attached hydrogen (secondary N) is 1. The first-order chi connectivity index (χ1) is 11.6. The molecule has 2 amide bonds. The molecule has 0 aliphatic carbocycles. The third-order valence-electron chi connectivity index (χ3n) is 4.14. The fourth-order valence-corrected chi connectivity index (χ4v) is 3.26. The second-order valence-corrected chi connectivity index (χ2v) is 7.12. The summed E-state index contributed by atoms with van der Waals surface area (Å²) < 4.78 is 0. The van der Waals surface area contributed by atoms with Gasteiger partial charge in [-0.05, 0) is 30.4 Å². The van der Waals surface area contributed by atoms with Gasteiger partial charge in [0, 0.05) is 57.5 Å². The second kappa shape index (κ2) is 9.69. The summed E-state index contributed by atoms with van der Waals surface area (Å²) in [6.07, 6.45) is 3.70. The Bertz CT molecular complexity index is 548. The van der Waals surface area contributed by atoms with Gasteiger partial charge in [-0.2, -0.15) is 11.8 Å². The van der Waals surface area contributed by atoms with Crippen molar-refractivity contribution in [3.63, 3.8) is 0 Å². The number of amides is 2. The average molecular weight is 350 g/mol. The Morgan fingerprint density at radius 3 is 2.54 bits per heavy atom. The highest BCUT2D eigenvalue weighted by Crippen LogP contribution is 2.14. The Morgan fingerprint density at radius 2 is 1.88 bits per heavy atom. The number of hydrogen-bond donors (Lipinski definition) is 1. The average Bonchev–Trinajstić information content (AvgIpc) is 2.79. The zero-order chi connectivity index (χ0) is 17.4. The van der Waals surface area contributed by atoms with Gasteiger partial charge >= 0.3 is 0 Å². The third kappa shape index (κ3) is 6.17. The molecule has 0 bridgehead atoms. The van der Waals surface area contributed by atoms with E-state index >= 15 is 0 Å². The van der Waals surface area contributed by atoms with E-state index in [4.69, 9.17) is 0 Å². The zero-order valence-corrected chi connectivity index (χ0v) is 15.4. The molecule has 0 spiro atoms. The Kier molecular flexibility index (Phi) is 7.59. The molecule has 0 radical (unpaired) electrons. The van der Waals surface area contributed by atoms with Crippen molar-refractivity contribution in [1.82, 2.24) is 9.80 Å². The zero-order valence-electron chi connectivity index (χ0n) is 14.6. The molecule has 1 fully saturated rings. The van der Waals surface area contributed by atoms with Crippen LogP contribution in [0.5, 0.6) is 0 Å². The van der Waals surface area contributed by atoms with E-state index in [1.807, 2.05) is 23.3 Å². The van der Waals surface area contributed by atoms with Crippen molar-refractivity contribution in [1.29, 1.82) is 0 Å². The standard InChI is InChI=1S/C18H27N3O2S/c1-15(22)19-17-6-4-16(5-7-17)14-20-9-3-10-21(12-11-20)18(23)8-13-24-2/h4-7H,3,8-14H2,1-2H3,(H,19,22). The molecular formula is C18H27N3O2S. The molecule has 1 aliphatic rings. The van der Waals surface area contributed by atoms with Crippen LogP contribution in [-0.4, -0.2) is 59.8 Å². The van der Waals surface area contributed by atoms with Crippen LogP contribution in [0.25, 0.3) is 0 Å². The van der Waals surface area contributed by atoms with Crippen molar-refractivity contribution >= 4 is 29.3 Å². The van der Waals surface area contributed by atoms with Gasteiger partial charge in [-0.3, -0.25) is 14.5 Å². The number of carbonyl (C=O) groups excluding carboxylic acids is 2. The highest BCUT2D eigenvalue weighted by Gasteiger charge is 2.18. The van der Waals surface area contributed by atoms with Gasteiger partial charge in [-0.15, -0.1) is 0 Å². The van der Waals surface area contributed by atoms with Gasteiger partial charge in [0.05, 0.1) is 0 Å². The van der Waals surface area contributed by atoms with Crippen molar-refractivity contribution in [2.45, 2.75) is 26.3 Å². The molecule has 1 N–H and O–H groups in total. The molecule has 1 aromatic carbocycles.